The van der Waals surface area contributed by atoms with Gasteiger partial charge in [0, 0.05) is 18.2 Å². The number of hydrogen-bond acceptors (Lipinski definition) is 5. The molecule has 1 unspecified atom stereocenters. The van der Waals surface area contributed by atoms with Crippen molar-refractivity contribution >= 4 is 29.3 Å². The number of imide groups is 2. The second kappa shape index (κ2) is 5.44. The zero-order valence-electron chi connectivity index (χ0n) is 11.5. The van der Waals surface area contributed by atoms with Gasteiger partial charge in [0.15, 0.2) is 0 Å². The van der Waals surface area contributed by atoms with E-state index in [4.69, 9.17) is 0 Å². The molecule has 1 aromatic carbocycles. The summed E-state index contributed by atoms with van der Waals surface area (Å²) in [5.74, 6) is -2.13. The van der Waals surface area contributed by atoms with E-state index < -0.39 is 29.7 Å². The van der Waals surface area contributed by atoms with Gasteiger partial charge in [0.2, 0.25) is 11.8 Å². The summed E-state index contributed by atoms with van der Waals surface area (Å²) in [4.78, 5) is 48.3. The van der Waals surface area contributed by atoms with Crippen LogP contribution >= 0.6 is 0 Å². The molecule has 1 fully saturated rings. The Balaban J connectivity index is 1.77. The maximum atomic E-state index is 12.4. The van der Waals surface area contributed by atoms with Crippen molar-refractivity contribution in [3.05, 3.63) is 42.1 Å². The third-order valence-electron chi connectivity index (χ3n) is 3.53. The molecule has 0 bridgehead atoms. The fourth-order valence-corrected chi connectivity index (χ4v) is 2.47. The first-order valence-corrected chi connectivity index (χ1v) is 6.81. The molecular weight excluding hydrogens is 286 g/mol. The van der Waals surface area contributed by atoms with E-state index in [1.54, 1.807) is 24.3 Å². The van der Waals surface area contributed by atoms with Crippen molar-refractivity contribution in [3.63, 3.8) is 0 Å². The number of rotatable bonds is 3. The molecule has 0 aromatic heterocycles. The van der Waals surface area contributed by atoms with Crippen LogP contribution in [0, 0.1) is 0 Å². The third kappa shape index (κ3) is 2.48. The Kier molecular flexibility index (Phi) is 3.46. The lowest BCUT2D eigenvalue weighted by Crippen LogP contribution is -2.54. The van der Waals surface area contributed by atoms with E-state index in [0.29, 0.717) is 5.69 Å². The van der Waals surface area contributed by atoms with Crippen molar-refractivity contribution in [1.29, 1.82) is 0 Å². The van der Waals surface area contributed by atoms with Crippen LogP contribution in [0.3, 0.4) is 0 Å². The fraction of sp³-hybridized carbons (Fsp3) is 0.200. The maximum absolute atomic E-state index is 12.4. The van der Waals surface area contributed by atoms with E-state index >= 15 is 0 Å². The number of benzene rings is 1. The van der Waals surface area contributed by atoms with Gasteiger partial charge in [-0.1, -0.05) is 18.2 Å². The predicted octanol–water partition coefficient (Wildman–Crippen LogP) is 0.156. The molecule has 2 heterocycles. The normalized spacial score (nSPS) is 21.7. The summed E-state index contributed by atoms with van der Waals surface area (Å²) >= 11 is 0. The number of carbonyl (C=O) groups excluding carboxylic acids is 4. The van der Waals surface area contributed by atoms with Crippen LogP contribution in [0.25, 0.3) is 0 Å². The summed E-state index contributed by atoms with van der Waals surface area (Å²) in [6.45, 7) is 0. The number of nitrogens with zero attached hydrogens (tertiary/aromatic N) is 1. The highest BCUT2D eigenvalue weighted by atomic mass is 16.2. The molecule has 4 amide bonds. The minimum absolute atomic E-state index is 0.106. The van der Waals surface area contributed by atoms with Gasteiger partial charge in [0.05, 0.1) is 0 Å². The topological polar surface area (TPSA) is 95.6 Å². The minimum atomic E-state index is -0.941. The molecule has 2 aliphatic heterocycles. The SMILES string of the molecule is O=C1CCC(N2C(=O)C=C(Nc3ccccc3)C2=O)C(=O)N1. The number of carbonyl (C=O) groups is 4. The zero-order valence-corrected chi connectivity index (χ0v) is 11.5. The fourth-order valence-electron chi connectivity index (χ4n) is 2.47. The number of amides is 4. The predicted molar refractivity (Wildman–Crippen MR) is 76.2 cm³/mol. The van der Waals surface area contributed by atoms with Crippen molar-refractivity contribution in [3.8, 4) is 0 Å². The average molecular weight is 299 g/mol. The number of hydrogen-bond donors (Lipinski definition) is 2. The summed E-state index contributed by atoms with van der Waals surface area (Å²) in [6, 6.07) is 7.99. The molecule has 22 heavy (non-hydrogen) atoms. The standard InChI is InChI=1S/C15H13N3O4/c19-12-7-6-11(14(21)17-12)18-13(20)8-10(15(18)22)16-9-4-2-1-3-5-9/h1-5,8,11,16H,6-7H2,(H,17,19,21). The molecular formula is C15H13N3O4. The zero-order chi connectivity index (χ0) is 15.7. The van der Waals surface area contributed by atoms with Crippen molar-refractivity contribution in [1.82, 2.24) is 10.2 Å². The number of anilines is 1. The largest absolute Gasteiger partial charge is 0.351 e. The number of para-hydroxylation sites is 1. The molecule has 7 heteroatoms. The summed E-state index contributed by atoms with van der Waals surface area (Å²) < 4.78 is 0. The molecule has 0 spiro atoms. The quantitative estimate of drug-likeness (QED) is 0.775. The Bertz CT molecular complexity index is 696. The monoisotopic (exact) mass is 299 g/mol. The van der Waals surface area contributed by atoms with Gasteiger partial charge in [-0.2, -0.15) is 0 Å². The van der Waals surface area contributed by atoms with E-state index in [0.717, 1.165) is 4.90 Å². The average Bonchev–Trinajstić information content (AvgIpc) is 2.75. The lowest BCUT2D eigenvalue weighted by Gasteiger charge is -2.28. The summed E-state index contributed by atoms with van der Waals surface area (Å²) in [6.07, 6.45) is 1.42. The minimum Gasteiger partial charge on any atom is -0.351 e. The summed E-state index contributed by atoms with van der Waals surface area (Å²) in [5.41, 5.74) is 0.779. The van der Waals surface area contributed by atoms with E-state index in [9.17, 15) is 19.2 Å². The van der Waals surface area contributed by atoms with Gasteiger partial charge in [-0.15, -0.1) is 0 Å². The van der Waals surface area contributed by atoms with E-state index in [1.165, 1.54) is 6.08 Å². The molecule has 0 aliphatic carbocycles. The van der Waals surface area contributed by atoms with Crippen molar-refractivity contribution in [2.75, 3.05) is 5.32 Å². The Labute approximate surface area is 126 Å². The number of nitrogens with one attached hydrogen (secondary N) is 2. The first-order chi connectivity index (χ1) is 10.6. The summed E-state index contributed by atoms with van der Waals surface area (Å²) in [5, 5.41) is 5.01. The van der Waals surface area contributed by atoms with Gasteiger partial charge in [-0.05, 0) is 18.6 Å². The molecule has 3 rings (SSSR count). The van der Waals surface area contributed by atoms with Crippen LogP contribution in [0.5, 0.6) is 0 Å². The lowest BCUT2D eigenvalue weighted by molar-refractivity contribution is -0.149. The van der Waals surface area contributed by atoms with Gasteiger partial charge in [-0.25, -0.2) is 0 Å². The van der Waals surface area contributed by atoms with Crippen LogP contribution < -0.4 is 10.6 Å². The number of piperidine rings is 1. The van der Waals surface area contributed by atoms with E-state index in [1.807, 2.05) is 6.07 Å². The van der Waals surface area contributed by atoms with Gasteiger partial charge < -0.3 is 5.32 Å². The molecule has 1 saturated heterocycles. The molecule has 112 valence electrons. The Morgan fingerprint density at radius 1 is 1.09 bits per heavy atom. The molecule has 1 atom stereocenters. The molecule has 2 aliphatic rings. The Morgan fingerprint density at radius 2 is 1.82 bits per heavy atom. The molecule has 2 N–H and O–H groups in total. The van der Waals surface area contributed by atoms with Crippen LogP contribution in [-0.2, 0) is 19.2 Å². The van der Waals surface area contributed by atoms with Gasteiger partial charge in [0.1, 0.15) is 11.7 Å². The van der Waals surface area contributed by atoms with Crippen LogP contribution in [0.15, 0.2) is 42.1 Å². The highest BCUT2D eigenvalue weighted by molar-refractivity contribution is 6.20. The smallest absolute Gasteiger partial charge is 0.278 e. The van der Waals surface area contributed by atoms with Gasteiger partial charge >= 0.3 is 0 Å². The highest BCUT2D eigenvalue weighted by Crippen LogP contribution is 2.22. The van der Waals surface area contributed by atoms with Crippen molar-refractivity contribution in [2.24, 2.45) is 0 Å². The summed E-state index contributed by atoms with van der Waals surface area (Å²) in [7, 11) is 0. The van der Waals surface area contributed by atoms with Gasteiger partial charge in [-0.3, -0.25) is 29.4 Å². The second-order valence-corrected chi connectivity index (χ2v) is 5.03. The molecule has 0 radical (unpaired) electrons. The Hall–Kier alpha value is -2.96. The van der Waals surface area contributed by atoms with Crippen LogP contribution in [0.4, 0.5) is 5.69 Å². The lowest BCUT2D eigenvalue weighted by atomic mass is 10.0. The van der Waals surface area contributed by atoms with Crippen LogP contribution in [0.1, 0.15) is 12.8 Å². The third-order valence-corrected chi connectivity index (χ3v) is 3.53. The van der Waals surface area contributed by atoms with Gasteiger partial charge in [0.25, 0.3) is 11.8 Å². The Morgan fingerprint density at radius 3 is 2.50 bits per heavy atom. The van der Waals surface area contributed by atoms with E-state index in [-0.39, 0.29) is 18.5 Å². The van der Waals surface area contributed by atoms with Crippen molar-refractivity contribution in [2.45, 2.75) is 18.9 Å². The van der Waals surface area contributed by atoms with E-state index in [2.05, 4.69) is 10.6 Å². The maximum Gasteiger partial charge on any atom is 0.278 e. The molecule has 0 saturated carbocycles. The first-order valence-electron chi connectivity index (χ1n) is 6.81. The van der Waals surface area contributed by atoms with Crippen LogP contribution in [0.2, 0.25) is 0 Å². The molecule has 7 nitrogen and oxygen atoms in total. The van der Waals surface area contributed by atoms with Crippen LogP contribution in [-0.4, -0.2) is 34.6 Å². The second-order valence-electron chi connectivity index (χ2n) is 5.03. The first kappa shape index (κ1) is 14.0. The highest BCUT2D eigenvalue weighted by Gasteiger charge is 2.42. The molecule has 1 aromatic rings. The van der Waals surface area contributed by atoms with Crippen molar-refractivity contribution < 1.29 is 19.2 Å².